The smallest absolute Gasteiger partial charge is 0.252 e. The molecule has 1 aromatic carbocycles. The molecule has 0 saturated heterocycles. The first-order valence-electron chi connectivity index (χ1n) is 6.54. The molecule has 0 atom stereocenters. The van der Waals surface area contributed by atoms with E-state index >= 15 is 0 Å². The fourth-order valence-corrected chi connectivity index (χ4v) is 2.62. The summed E-state index contributed by atoms with van der Waals surface area (Å²) in [6, 6.07) is 9.43. The highest BCUT2D eigenvalue weighted by Gasteiger charge is 2.12. The van der Waals surface area contributed by atoms with E-state index < -0.39 is 0 Å². The Morgan fingerprint density at radius 1 is 1.29 bits per heavy atom. The molecule has 0 fully saturated rings. The van der Waals surface area contributed by atoms with E-state index in [-0.39, 0.29) is 5.91 Å². The predicted molar refractivity (Wildman–Crippen MR) is 84.6 cm³/mol. The molecule has 0 aliphatic carbocycles. The van der Waals surface area contributed by atoms with E-state index in [1.807, 2.05) is 42.1 Å². The van der Waals surface area contributed by atoms with Gasteiger partial charge in [-0.05, 0) is 35.4 Å². The molecule has 0 aliphatic heterocycles. The monoisotopic (exact) mass is 299 g/mol. The Morgan fingerprint density at radius 3 is 2.86 bits per heavy atom. The lowest BCUT2D eigenvalue weighted by Gasteiger charge is -2.08. The van der Waals surface area contributed by atoms with Gasteiger partial charge in [0.15, 0.2) is 0 Å². The summed E-state index contributed by atoms with van der Waals surface area (Å²) in [5.41, 5.74) is 3.35. The van der Waals surface area contributed by atoms with Crippen molar-refractivity contribution in [2.45, 2.75) is 0 Å². The lowest BCUT2D eigenvalue weighted by Crippen LogP contribution is -2.18. The van der Waals surface area contributed by atoms with Gasteiger partial charge < -0.3 is 9.88 Å². The second-order valence-electron chi connectivity index (χ2n) is 4.80. The van der Waals surface area contributed by atoms with E-state index in [9.17, 15) is 4.79 Å². The number of halogens is 1. The van der Waals surface area contributed by atoms with Crippen molar-refractivity contribution in [3.05, 3.63) is 53.3 Å². The van der Waals surface area contributed by atoms with Gasteiger partial charge in [-0.1, -0.05) is 17.7 Å². The van der Waals surface area contributed by atoms with Crippen molar-refractivity contribution >= 4 is 28.5 Å². The largest absolute Gasteiger partial charge is 0.355 e. The number of rotatable bonds is 2. The minimum Gasteiger partial charge on any atom is -0.355 e. The van der Waals surface area contributed by atoms with Gasteiger partial charge in [-0.3, -0.25) is 4.79 Å². The summed E-state index contributed by atoms with van der Waals surface area (Å²) in [4.78, 5) is 16.2. The van der Waals surface area contributed by atoms with E-state index in [0.29, 0.717) is 10.6 Å². The third-order valence-electron chi connectivity index (χ3n) is 3.52. The van der Waals surface area contributed by atoms with Crippen molar-refractivity contribution in [2.75, 3.05) is 7.05 Å². The summed E-state index contributed by atoms with van der Waals surface area (Å²) in [7, 11) is 3.55. The first-order valence-corrected chi connectivity index (χ1v) is 6.91. The Balaban J connectivity index is 2.21. The van der Waals surface area contributed by atoms with Gasteiger partial charge in [0.25, 0.3) is 5.91 Å². The van der Waals surface area contributed by atoms with Gasteiger partial charge >= 0.3 is 0 Å². The number of fused-ring (bicyclic) bond motifs is 1. The predicted octanol–water partition coefficient (Wildman–Crippen LogP) is 3.25. The summed E-state index contributed by atoms with van der Waals surface area (Å²) < 4.78 is 1.97. The van der Waals surface area contributed by atoms with Gasteiger partial charge in [0.1, 0.15) is 5.65 Å². The van der Waals surface area contributed by atoms with Gasteiger partial charge in [0.2, 0.25) is 0 Å². The van der Waals surface area contributed by atoms with Crippen LogP contribution in [0.5, 0.6) is 0 Å². The molecule has 1 amide bonds. The third-order valence-corrected chi connectivity index (χ3v) is 3.85. The SMILES string of the molecule is CNC(=O)c1cc(-c2ccnc3c2ccn3C)ccc1Cl. The van der Waals surface area contributed by atoms with E-state index in [1.165, 1.54) is 0 Å². The van der Waals surface area contributed by atoms with Gasteiger partial charge in [0, 0.05) is 31.9 Å². The molecular weight excluding hydrogens is 286 g/mol. The zero-order valence-corrected chi connectivity index (χ0v) is 12.5. The van der Waals surface area contributed by atoms with E-state index in [2.05, 4.69) is 10.3 Å². The molecule has 2 heterocycles. The molecule has 106 valence electrons. The molecule has 0 saturated carbocycles. The molecule has 0 radical (unpaired) electrons. The fourth-order valence-electron chi connectivity index (χ4n) is 2.42. The number of hydrogen-bond acceptors (Lipinski definition) is 2. The first kappa shape index (κ1) is 13.6. The maximum Gasteiger partial charge on any atom is 0.252 e. The zero-order chi connectivity index (χ0) is 15.0. The number of amides is 1. The highest BCUT2D eigenvalue weighted by Crippen LogP contribution is 2.30. The molecule has 21 heavy (non-hydrogen) atoms. The Bertz CT molecular complexity index is 839. The van der Waals surface area contributed by atoms with Gasteiger partial charge in [-0.15, -0.1) is 0 Å². The normalized spacial score (nSPS) is 10.8. The first-order chi connectivity index (χ1) is 10.1. The minimum atomic E-state index is -0.194. The van der Waals surface area contributed by atoms with Gasteiger partial charge in [-0.2, -0.15) is 0 Å². The summed E-state index contributed by atoms with van der Waals surface area (Å²) in [6.07, 6.45) is 3.74. The Labute approximate surface area is 127 Å². The number of aromatic nitrogens is 2. The van der Waals surface area contributed by atoms with Crippen molar-refractivity contribution in [3.63, 3.8) is 0 Å². The number of nitrogens with one attached hydrogen (secondary N) is 1. The van der Waals surface area contributed by atoms with Gasteiger partial charge in [0.05, 0.1) is 10.6 Å². The van der Waals surface area contributed by atoms with Crippen molar-refractivity contribution in [1.82, 2.24) is 14.9 Å². The molecule has 5 heteroatoms. The maximum atomic E-state index is 11.9. The average molecular weight is 300 g/mol. The van der Waals surface area contributed by atoms with Crippen LogP contribution in [0.4, 0.5) is 0 Å². The minimum absolute atomic E-state index is 0.194. The Hall–Kier alpha value is -2.33. The van der Waals surface area contributed by atoms with Crippen LogP contribution >= 0.6 is 11.6 Å². The molecule has 1 N–H and O–H groups in total. The summed E-state index contributed by atoms with van der Waals surface area (Å²) >= 11 is 6.10. The van der Waals surface area contributed by atoms with E-state index in [0.717, 1.165) is 22.2 Å². The van der Waals surface area contributed by atoms with Crippen LogP contribution in [0, 0.1) is 0 Å². The second-order valence-corrected chi connectivity index (χ2v) is 5.20. The van der Waals surface area contributed by atoms with Crippen molar-refractivity contribution in [1.29, 1.82) is 0 Å². The molecule has 0 unspecified atom stereocenters. The van der Waals surface area contributed by atoms with Crippen molar-refractivity contribution < 1.29 is 4.79 Å². The molecule has 0 bridgehead atoms. The standard InChI is InChI=1S/C16H14ClN3O/c1-18-16(21)13-9-10(3-4-14(13)17)11-5-7-19-15-12(11)6-8-20(15)2/h3-9H,1-2H3,(H,18,21). The highest BCUT2D eigenvalue weighted by molar-refractivity contribution is 6.34. The number of aryl methyl sites for hydroxylation is 1. The summed E-state index contributed by atoms with van der Waals surface area (Å²) in [5, 5.41) is 4.09. The second kappa shape index (κ2) is 5.22. The Morgan fingerprint density at radius 2 is 2.10 bits per heavy atom. The third kappa shape index (κ3) is 2.28. The molecule has 2 aromatic heterocycles. The number of carbonyl (C=O) groups excluding carboxylic acids is 1. The molecule has 0 spiro atoms. The highest BCUT2D eigenvalue weighted by atomic mass is 35.5. The van der Waals surface area contributed by atoms with Crippen molar-refractivity contribution in [2.24, 2.45) is 7.05 Å². The summed E-state index contributed by atoms with van der Waals surface area (Å²) in [5.74, 6) is -0.194. The van der Waals surface area contributed by atoms with E-state index in [1.54, 1.807) is 19.3 Å². The van der Waals surface area contributed by atoms with Crippen LogP contribution in [0.15, 0.2) is 42.7 Å². The van der Waals surface area contributed by atoms with Gasteiger partial charge in [-0.25, -0.2) is 4.98 Å². The number of carbonyl (C=O) groups is 1. The van der Waals surface area contributed by atoms with Crippen LogP contribution in [0.2, 0.25) is 5.02 Å². The van der Waals surface area contributed by atoms with Crippen LogP contribution in [0.3, 0.4) is 0 Å². The van der Waals surface area contributed by atoms with Crippen LogP contribution in [0.25, 0.3) is 22.2 Å². The lowest BCUT2D eigenvalue weighted by atomic mass is 10.0. The molecule has 0 aliphatic rings. The molecule has 3 rings (SSSR count). The number of pyridine rings is 1. The molecular formula is C16H14ClN3O. The quantitative estimate of drug-likeness (QED) is 0.789. The summed E-state index contributed by atoms with van der Waals surface area (Å²) in [6.45, 7) is 0. The van der Waals surface area contributed by atoms with Crippen LogP contribution in [0.1, 0.15) is 10.4 Å². The number of nitrogens with zero attached hydrogens (tertiary/aromatic N) is 2. The zero-order valence-electron chi connectivity index (χ0n) is 11.7. The maximum absolute atomic E-state index is 11.9. The van der Waals surface area contributed by atoms with Crippen LogP contribution in [-0.2, 0) is 7.05 Å². The fraction of sp³-hybridized carbons (Fsp3) is 0.125. The lowest BCUT2D eigenvalue weighted by molar-refractivity contribution is 0.0963. The average Bonchev–Trinajstić information content (AvgIpc) is 2.89. The van der Waals surface area contributed by atoms with E-state index in [4.69, 9.17) is 11.6 Å². The Kier molecular flexibility index (Phi) is 3.39. The van der Waals surface area contributed by atoms with Crippen LogP contribution < -0.4 is 5.32 Å². The number of hydrogen-bond donors (Lipinski definition) is 1. The topological polar surface area (TPSA) is 46.9 Å². The molecule has 4 nitrogen and oxygen atoms in total. The van der Waals surface area contributed by atoms with Crippen LogP contribution in [-0.4, -0.2) is 22.5 Å². The molecule has 3 aromatic rings. The number of benzene rings is 1. The van der Waals surface area contributed by atoms with Crippen molar-refractivity contribution in [3.8, 4) is 11.1 Å².